The van der Waals surface area contributed by atoms with E-state index in [-0.39, 0.29) is 5.56 Å². The Bertz CT molecular complexity index is 1980. The summed E-state index contributed by atoms with van der Waals surface area (Å²) < 4.78 is 0. The van der Waals surface area contributed by atoms with Crippen molar-refractivity contribution in [3.63, 3.8) is 0 Å². The van der Waals surface area contributed by atoms with Crippen LogP contribution >= 0.6 is 0 Å². The number of anilines is 2. The number of aliphatic imine (C=N–C) groups is 4. The number of rotatable bonds is 20. The number of carbonyl (C=O) groups excluding carboxylic acids is 7. The lowest BCUT2D eigenvalue weighted by molar-refractivity contribution is -0.136. The van der Waals surface area contributed by atoms with Gasteiger partial charge in [0.1, 0.15) is 12.1 Å². The number of hydrogen-bond donors (Lipinski definition) is 18. The molecule has 0 aliphatic heterocycles. The molecule has 0 aliphatic rings. The number of nitrogens with zero attached hydrogens (tertiary/aromatic N) is 4. The first kappa shape index (κ1) is 46.7. The summed E-state index contributed by atoms with van der Waals surface area (Å²) in [4.78, 5) is 105. The molecule has 0 fully saturated rings. The second kappa shape index (κ2) is 21.6. The van der Waals surface area contributed by atoms with Gasteiger partial charge >= 0.3 is 0 Å². The first-order valence-electron chi connectivity index (χ1n) is 16.4. The number of nitrogens with one attached hydrogen (secondary N) is 6. The lowest BCUT2D eigenvalue weighted by Crippen LogP contribution is -2.59. The van der Waals surface area contributed by atoms with Crippen LogP contribution in [0.4, 0.5) is 11.4 Å². The van der Waals surface area contributed by atoms with Crippen LogP contribution in [0.2, 0.25) is 0 Å². The van der Waals surface area contributed by atoms with Crippen LogP contribution in [-0.4, -0.2) is 107 Å². The molecule has 0 radical (unpaired) electrons. The van der Waals surface area contributed by atoms with Gasteiger partial charge in [0.05, 0.1) is 0 Å². The van der Waals surface area contributed by atoms with E-state index in [1.165, 1.54) is 48.5 Å². The number of nitrogen functional groups attached to an aromatic ring is 1. The number of guanidine groups is 4. The number of primary amides is 1. The Kier molecular flexibility index (Phi) is 17.1. The van der Waals surface area contributed by atoms with Crippen molar-refractivity contribution in [2.24, 2.45) is 77.3 Å². The van der Waals surface area contributed by atoms with Gasteiger partial charge in [0.15, 0.2) is 30.0 Å². The Morgan fingerprint density at radius 3 is 1.31 bits per heavy atom. The average Bonchev–Trinajstić information content (AvgIpc) is 3.15. The first-order valence-corrected chi connectivity index (χ1v) is 16.4. The summed E-state index contributed by atoms with van der Waals surface area (Å²) in [7, 11) is 0. The molecule has 0 saturated heterocycles. The molecule has 0 aliphatic carbocycles. The van der Waals surface area contributed by atoms with E-state index in [2.05, 4.69) is 35.9 Å². The molecule has 6 amide bonds. The molecule has 2 aromatic carbocycles. The SMILES string of the molecule is NC(=O)C(N)C(=O)C(N=C(N)N)NC(=O)C(N=C(N)N)NC(=O)C(N=C(N)N)NC(=O)C(N=C(N)N)NC(=O)C(NC(=O)C(O)Nc1ccc(N)cc1)c1ccccc1. The maximum Gasteiger partial charge on any atom is 0.270 e. The van der Waals surface area contributed by atoms with E-state index in [1.807, 2.05) is 16.0 Å². The molecule has 0 spiro atoms. The predicted octanol–water partition coefficient (Wildman–Crippen LogP) is -9.90. The second-order valence-electron chi connectivity index (χ2n) is 11.7. The zero-order valence-electron chi connectivity index (χ0n) is 30.7. The van der Waals surface area contributed by atoms with Crippen molar-refractivity contribution in [1.29, 1.82) is 0 Å². The molecule has 7 atom stereocenters. The summed E-state index contributed by atoms with van der Waals surface area (Å²) in [5.41, 5.74) is 60.4. The maximum atomic E-state index is 13.7. The van der Waals surface area contributed by atoms with E-state index < -0.39 is 108 Å². The molecule has 2 aromatic rings. The molecule has 0 heterocycles. The van der Waals surface area contributed by atoms with E-state index in [0.29, 0.717) is 11.4 Å². The van der Waals surface area contributed by atoms with Crippen molar-refractivity contribution in [2.75, 3.05) is 11.1 Å². The highest BCUT2D eigenvalue weighted by molar-refractivity contribution is 6.08. The minimum atomic E-state index is -2.18. The fourth-order valence-electron chi connectivity index (χ4n) is 4.37. The van der Waals surface area contributed by atoms with Crippen molar-refractivity contribution in [3.05, 3.63) is 60.2 Å². The lowest BCUT2D eigenvalue weighted by atomic mass is 10.1. The molecule has 0 bridgehead atoms. The summed E-state index contributed by atoms with van der Waals surface area (Å²) in [6, 6.07) is 9.86. The number of Topliss-reactive ketones (excluding diaryl/α,β-unsaturated/α-hetero) is 1. The van der Waals surface area contributed by atoms with Crippen LogP contribution in [0, 0.1) is 0 Å². The highest BCUT2D eigenvalue weighted by Crippen LogP contribution is 2.15. The zero-order valence-corrected chi connectivity index (χ0v) is 30.7. The van der Waals surface area contributed by atoms with Gasteiger partial charge in [-0.3, -0.25) is 33.6 Å². The first-order chi connectivity index (χ1) is 27.6. The minimum Gasteiger partial charge on any atom is -0.399 e. The number of nitrogens with two attached hydrogens (primary N) is 11. The van der Waals surface area contributed by atoms with Crippen molar-refractivity contribution < 1.29 is 38.7 Å². The normalized spacial score (nSPS) is 13.9. The fourth-order valence-corrected chi connectivity index (χ4v) is 4.37. The highest BCUT2D eigenvalue weighted by Gasteiger charge is 2.35. The van der Waals surface area contributed by atoms with Crippen LogP contribution in [0.1, 0.15) is 11.6 Å². The standard InChI is InChI=1S/C30H45N21O8/c31-11-6-8-12(9-7-11)42-25(58)26(59)43-14(10-4-2-1-3-5-10)21(54)45-18(49-28(36)37)23(56)47-20(51-30(40)41)24(57)46-19(50-29(38)39)22(55)44-17(48-27(34)35)15(52)13(32)16(33)53/h1-9,13-14,17-20,25,42,58H,31-32H2,(H2,33,53)(H,43,59)(H,44,55)(H,45,54)(H,46,57)(H,47,56)(H4,34,35,48)(H4,36,37,49)(H4,38,39,50)(H4,40,41,51). The van der Waals surface area contributed by atoms with Gasteiger partial charge in [-0.25, -0.2) is 20.0 Å². The number of amides is 6. The van der Waals surface area contributed by atoms with Crippen molar-refractivity contribution >= 4 is 76.4 Å². The van der Waals surface area contributed by atoms with E-state index >= 15 is 0 Å². The highest BCUT2D eigenvalue weighted by atomic mass is 16.3. The van der Waals surface area contributed by atoms with Gasteiger partial charge in [0, 0.05) is 11.4 Å². The third kappa shape index (κ3) is 15.3. The quantitative estimate of drug-likeness (QED) is 0.0194. The molecular weight excluding hydrogens is 782 g/mol. The number of ketones is 1. The largest absolute Gasteiger partial charge is 0.399 e. The van der Waals surface area contributed by atoms with Gasteiger partial charge in [-0.05, 0) is 29.8 Å². The van der Waals surface area contributed by atoms with E-state index in [1.54, 1.807) is 6.07 Å². The molecule has 318 valence electrons. The van der Waals surface area contributed by atoms with Gasteiger partial charge in [0.25, 0.3) is 23.6 Å². The summed E-state index contributed by atoms with van der Waals surface area (Å²) in [5.74, 6) is -12.2. The van der Waals surface area contributed by atoms with Gasteiger partial charge in [-0.1, -0.05) is 30.3 Å². The number of aliphatic hydroxyl groups excluding tert-OH is 1. The van der Waals surface area contributed by atoms with Crippen LogP contribution in [0.5, 0.6) is 0 Å². The van der Waals surface area contributed by atoms with Crippen molar-refractivity contribution in [3.8, 4) is 0 Å². The topological polar surface area (TPSA) is 548 Å². The number of aliphatic hydroxyl groups is 1. The molecule has 29 nitrogen and oxygen atoms in total. The molecule has 29 N–H and O–H groups in total. The minimum absolute atomic E-state index is 0.157. The molecule has 29 heteroatoms. The predicted molar refractivity (Wildman–Crippen MR) is 211 cm³/mol. The summed E-state index contributed by atoms with van der Waals surface area (Å²) in [6.45, 7) is 0. The summed E-state index contributed by atoms with van der Waals surface area (Å²) in [5, 5.41) is 23.6. The van der Waals surface area contributed by atoms with Crippen molar-refractivity contribution in [2.45, 2.75) is 43.0 Å². The van der Waals surface area contributed by atoms with Crippen LogP contribution in [0.15, 0.2) is 74.6 Å². The van der Waals surface area contributed by atoms with Crippen LogP contribution < -0.4 is 95.0 Å². The van der Waals surface area contributed by atoms with Gasteiger partial charge in [-0.2, -0.15) is 0 Å². The summed E-state index contributed by atoms with van der Waals surface area (Å²) in [6.07, 6.45) is -10.4. The third-order valence-electron chi connectivity index (χ3n) is 7.00. The second-order valence-corrected chi connectivity index (χ2v) is 11.7. The average molecular weight is 828 g/mol. The van der Waals surface area contributed by atoms with E-state index in [9.17, 15) is 38.7 Å². The van der Waals surface area contributed by atoms with Gasteiger partial charge < -0.3 is 100 Å². The molecule has 0 aromatic heterocycles. The van der Waals surface area contributed by atoms with E-state index in [4.69, 9.17) is 63.1 Å². The number of hydrogen-bond acceptors (Lipinski definition) is 15. The lowest BCUT2D eigenvalue weighted by Gasteiger charge is -2.24. The molecule has 0 saturated carbocycles. The maximum absolute atomic E-state index is 13.7. The molecule has 7 unspecified atom stereocenters. The van der Waals surface area contributed by atoms with Crippen molar-refractivity contribution in [1.82, 2.24) is 26.6 Å². The number of benzene rings is 2. The number of carbonyl (C=O) groups is 7. The summed E-state index contributed by atoms with van der Waals surface area (Å²) >= 11 is 0. The zero-order chi connectivity index (χ0) is 44.6. The van der Waals surface area contributed by atoms with E-state index in [0.717, 1.165) is 0 Å². The smallest absolute Gasteiger partial charge is 0.270 e. The third-order valence-corrected chi connectivity index (χ3v) is 7.00. The Morgan fingerprint density at radius 1 is 0.508 bits per heavy atom. The Morgan fingerprint density at radius 2 is 0.898 bits per heavy atom. The van der Waals surface area contributed by atoms with Gasteiger partial charge in [0.2, 0.25) is 42.3 Å². The van der Waals surface area contributed by atoms with Crippen LogP contribution in [0.3, 0.4) is 0 Å². The van der Waals surface area contributed by atoms with Crippen LogP contribution in [0.25, 0.3) is 0 Å². The Balaban J connectivity index is 2.39. The Hall–Kier alpha value is -8.47. The van der Waals surface area contributed by atoms with Crippen LogP contribution in [-0.2, 0) is 33.6 Å². The van der Waals surface area contributed by atoms with Gasteiger partial charge in [-0.15, -0.1) is 0 Å². The molecule has 2 rings (SSSR count). The molecule has 59 heavy (non-hydrogen) atoms. The molecular formula is C30H45N21O8. The monoisotopic (exact) mass is 827 g/mol. The fraction of sp³-hybridized carbons (Fsp3) is 0.233. The Labute approximate surface area is 333 Å².